The molecular weight excluding hydrogens is 362 g/mol. The van der Waals surface area contributed by atoms with Gasteiger partial charge >= 0.3 is 0 Å². The van der Waals surface area contributed by atoms with Gasteiger partial charge in [-0.15, -0.1) is 0 Å². The number of carbonyl (C=O) groups excluding carboxylic acids is 1. The van der Waals surface area contributed by atoms with Gasteiger partial charge in [0.05, 0.1) is 18.4 Å². The third-order valence-electron chi connectivity index (χ3n) is 4.19. The van der Waals surface area contributed by atoms with Crippen LogP contribution in [0.3, 0.4) is 0 Å². The number of ether oxygens (including phenoxy) is 1. The first-order valence-corrected chi connectivity index (χ1v) is 8.83. The molecule has 0 aliphatic carbocycles. The summed E-state index contributed by atoms with van der Waals surface area (Å²) in [5.74, 6) is 0.567. The van der Waals surface area contributed by atoms with Gasteiger partial charge in [-0.1, -0.05) is 35.9 Å². The first kappa shape index (κ1) is 18.7. The van der Waals surface area contributed by atoms with Gasteiger partial charge in [-0.3, -0.25) is 9.78 Å². The predicted octanol–water partition coefficient (Wildman–Crippen LogP) is 4.92. The zero-order chi connectivity index (χ0) is 19.2. The summed E-state index contributed by atoms with van der Waals surface area (Å²) in [6, 6.07) is 14.9. The molecule has 1 amide bonds. The molecule has 0 atom stereocenters. The summed E-state index contributed by atoms with van der Waals surface area (Å²) in [4.78, 5) is 16.7. The monoisotopic (exact) mass is 381 g/mol. The van der Waals surface area contributed by atoms with Crippen LogP contribution in [0.25, 0.3) is 0 Å². The third kappa shape index (κ3) is 4.57. The van der Waals surface area contributed by atoms with Crippen LogP contribution in [0.2, 0.25) is 5.02 Å². The number of benzene rings is 2. The molecule has 5 nitrogen and oxygen atoms in total. The maximum atomic E-state index is 12.6. The quantitative estimate of drug-likeness (QED) is 0.636. The molecule has 0 saturated carbocycles. The van der Waals surface area contributed by atoms with Crippen LogP contribution in [-0.4, -0.2) is 18.0 Å². The number of para-hydroxylation sites is 1. The number of pyridine rings is 1. The zero-order valence-corrected chi connectivity index (χ0v) is 15.9. The lowest BCUT2D eigenvalue weighted by Gasteiger charge is -2.12. The van der Waals surface area contributed by atoms with Crippen LogP contribution in [0, 0.1) is 6.92 Å². The Morgan fingerprint density at radius 1 is 1.15 bits per heavy atom. The molecule has 0 spiro atoms. The lowest BCUT2D eigenvalue weighted by Crippen LogP contribution is -2.13. The highest BCUT2D eigenvalue weighted by atomic mass is 35.5. The Morgan fingerprint density at radius 3 is 2.78 bits per heavy atom. The van der Waals surface area contributed by atoms with E-state index in [2.05, 4.69) is 15.6 Å². The molecular formula is C21H20ClN3O2. The van der Waals surface area contributed by atoms with Crippen molar-refractivity contribution in [3.8, 4) is 5.75 Å². The van der Waals surface area contributed by atoms with Crippen molar-refractivity contribution in [1.29, 1.82) is 0 Å². The fourth-order valence-electron chi connectivity index (χ4n) is 2.64. The molecule has 0 aliphatic heterocycles. The van der Waals surface area contributed by atoms with E-state index in [1.165, 1.54) is 6.20 Å². The number of amides is 1. The second kappa shape index (κ2) is 8.56. The molecule has 3 rings (SSSR count). The van der Waals surface area contributed by atoms with Crippen molar-refractivity contribution < 1.29 is 9.53 Å². The molecule has 0 bridgehead atoms. The number of methoxy groups -OCH3 is 1. The Bertz CT molecular complexity index is 960. The predicted molar refractivity (Wildman–Crippen MR) is 109 cm³/mol. The topological polar surface area (TPSA) is 63.2 Å². The van der Waals surface area contributed by atoms with Crippen LogP contribution >= 0.6 is 11.6 Å². The molecule has 3 aromatic rings. The number of hydrogen-bond acceptors (Lipinski definition) is 4. The van der Waals surface area contributed by atoms with Crippen LogP contribution in [0.5, 0.6) is 5.75 Å². The summed E-state index contributed by atoms with van der Waals surface area (Å²) in [6.45, 7) is 2.42. The van der Waals surface area contributed by atoms with Crippen LogP contribution in [-0.2, 0) is 6.54 Å². The number of hydrogen-bond donors (Lipinski definition) is 2. The highest BCUT2D eigenvalue weighted by Gasteiger charge is 2.10. The van der Waals surface area contributed by atoms with Crippen LogP contribution in [0.15, 0.2) is 60.9 Å². The molecule has 0 fully saturated rings. The van der Waals surface area contributed by atoms with Gasteiger partial charge in [0.15, 0.2) is 0 Å². The average Bonchev–Trinajstić information content (AvgIpc) is 2.70. The van der Waals surface area contributed by atoms with E-state index in [1.54, 1.807) is 31.5 Å². The maximum absolute atomic E-state index is 12.6. The lowest BCUT2D eigenvalue weighted by molar-refractivity contribution is 0.102. The van der Waals surface area contributed by atoms with Gasteiger partial charge in [-0.2, -0.15) is 0 Å². The van der Waals surface area contributed by atoms with Gasteiger partial charge in [0.2, 0.25) is 0 Å². The third-order valence-corrected chi connectivity index (χ3v) is 4.60. The normalized spacial score (nSPS) is 10.3. The summed E-state index contributed by atoms with van der Waals surface area (Å²) in [5, 5.41) is 6.76. The van der Waals surface area contributed by atoms with Gasteiger partial charge < -0.3 is 15.4 Å². The summed E-state index contributed by atoms with van der Waals surface area (Å²) in [5.41, 5.74) is 3.73. The Hall–Kier alpha value is -3.05. The zero-order valence-electron chi connectivity index (χ0n) is 15.1. The van der Waals surface area contributed by atoms with E-state index >= 15 is 0 Å². The van der Waals surface area contributed by atoms with Gasteiger partial charge in [0.25, 0.3) is 5.91 Å². The molecule has 0 unspecified atom stereocenters. The van der Waals surface area contributed by atoms with E-state index in [9.17, 15) is 4.79 Å². The molecule has 0 saturated heterocycles. The molecule has 138 valence electrons. The van der Waals surface area contributed by atoms with E-state index in [0.29, 0.717) is 22.8 Å². The highest BCUT2D eigenvalue weighted by Crippen LogP contribution is 2.24. The largest absolute Gasteiger partial charge is 0.496 e. The van der Waals surface area contributed by atoms with Crippen molar-refractivity contribution >= 4 is 28.9 Å². The molecule has 1 heterocycles. The summed E-state index contributed by atoms with van der Waals surface area (Å²) < 4.78 is 5.35. The smallest absolute Gasteiger partial charge is 0.257 e. The molecule has 2 N–H and O–H groups in total. The molecule has 0 aliphatic rings. The molecule has 0 radical (unpaired) electrons. The SMILES string of the molecule is COc1ccccc1CNc1cncc(C(=O)Nc2cccc(Cl)c2C)c1. The van der Waals surface area contributed by atoms with Crippen molar-refractivity contribution in [2.45, 2.75) is 13.5 Å². The molecule has 1 aromatic heterocycles. The first-order valence-electron chi connectivity index (χ1n) is 8.46. The van der Waals surface area contributed by atoms with Crippen LogP contribution in [0.4, 0.5) is 11.4 Å². The average molecular weight is 382 g/mol. The van der Waals surface area contributed by atoms with E-state index in [-0.39, 0.29) is 5.91 Å². The molecule has 2 aromatic carbocycles. The van der Waals surface area contributed by atoms with Crippen molar-refractivity contribution in [1.82, 2.24) is 4.98 Å². The Kier molecular flexibility index (Phi) is 5.94. The minimum atomic E-state index is -0.242. The fourth-order valence-corrected chi connectivity index (χ4v) is 2.82. The maximum Gasteiger partial charge on any atom is 0.257 e. The van der Waals surface area contributed by atoms with Crippen LogP contribution in [0.1, 0.15) is 21.5 Å². The standard InChI is InChI=1S/C21H20ClN3O2/c1-14-18(22)7-5-8-19(14)25-21(26)16-10-17(13-23-11-16)24-12-15-6-3-4-9-20(15)27-2/h3-11,13,24H,12H2,1-2H3,(H,25,26). The summed E-state index contributed by atoms with van der Waals surface area (Å²) >= 11 is 6.11. The first-order chi connectivity index (χ1) is 13.1. The van der Waals surface area contributed by atoms with Crippen molar-refractivity contribution in [2.24, 2.45) is 0 Å². The fraction of sp³-hybridized carbons (Fsp3) is 0.143. The van der Waals surface area contributed by atoms with Gasteiger partial charge in [0, 0.05) is 35.2 Å². The Balaban J connectivity index is 1.71. The number of aromatic nitrogens is 1. The summed E-state index contributed by atoms with van der Waals surface area (Å²) in [6.07, 6.45) is 3.21. The van der Waals surface area contributed by atoms with Crippen molar-refractivity contribution in [3.05, 3.63) is 82.6 Å². The number of carbonyl (C=O) groups is 1. The van der Waals surface area contributed by atoms with E-state index in [1.807, 2.05) is 37.3 Å². The minimum Gasteiger partial charge on any atom is -0.496 e. The van der Waals surface area contributed by atoms with Crippen LogP contribution < -0.4 is 15.4 Å². The Morgan fingerprint density at radius 2 is 1.96 bits per heavy atom. The van der Waals surface area contributed by atoms with Crippen molar-refractivity contribution in [3.63, 3.8) is 0 Å². The van der Waals surface area contributed by atoms with Gasteiger partial charge in [0.1, 0.15) is 5.75 Å². The second-order valence-electron chi connectivity index (χ2n) is 5.99. The minimum absolute atomic E-state index is 0.242. The number of nitrogens with zero attached hydrogens (tertiary/aromatic N) is 1. The lowest BCUT2D eigenvalue weighted by atomic mass is 10.1. The molecule has 6 heteroatoms. The van der Waals surface area contributed by atoms with Crippen molar-refractivity contribution in [2.75, 3.05) is 17.7 Å². The van der Waals surface area contributed by atoms with Gasteiger partial charge in [-0.05, 0) is 36.8 Å². The molecule has 27 heavy (non-hydrogen) atoms. The van der Waals surface area contributed by atoms with E-state index in [0.717, 1.165) is 22.6 Å². The van der Waals surface area contributed by atoms with E-state index in [4.69, 9.17) is 16.3 Å². The number of nitrogens with one attached hydrogen (secondary N) is 2. The second-order valence-corrected chi connectivity index (χ2v) is 6.40. The number of rotatable bonds is 6. The number of halogens is 1. The summed E-state index contributed by atoms with van der Waals surface area (Å²) in [7, 11) is 1.64. The number of anilines is 2. The van der Waals surface area contributed by atoms with E-state index < -0.39 is 0 Å². The highest BCUT2D eigenvalue weighted by molar-refractivity contribution is 6.31. The van der Waals surface area contributed by atoms with Gasteiger partial charge in [-0.25, -0.2) is 0 Å². The Labute approximate surface area is 163 Å².